The zero-order valence-corrected chi connectivity index (χ0v) is 10.2. The van der Waals surface area contributed by atoms with Gasteiger partial charge in [-0.3, -0.25) is 4.98 Å². The van der Waals surface area contributed by atoms with Crippen LogP contribution in [0.5, 0.6) is 0 Å². The minimum absolute atomic E-state index is 0.605. The number of nitrogens with one attached hydrogen (secondary N) is 1. The van der Waals surface area contributed by atoms with E-state index in [4.69, 9.17) is 5.84 Å². The number of aromatic nitrogens is 3. The van der Waals surface area contributed by atoms with E-state index in [1.54, 1.807) is 12.4 Å². The summed E-state index contributed by atoms with van der Waals surface area (Å²) in [6.45, 7) is 3.71. The smallest absolute Gasteiger partial charge is 0.145 e. The minimum Gasteiger partial charge on any atom is -0.352 e. The highest BCUT2D eigenvalue weighted by atomic mass is 15.3. The van der Waals surface area contributed by atoms with Gasteiger partial charge in [-0.15, -0.1) is 0 Å². The molecule has 94 valence electrons. The maximum absolute atomic E-state index is 5.35. The molecule has 18 heavy (non-hydrogen) atoms. The summed E-state index contributed by atoms with van der Waals surface area (Å²) in [4.78, 5) is 14.4. The van der Waals surface area contributed by atoms with Crippen LogP contribution >= 0.6 is 0 Å². The summed E-state index contributed by atoms with van der Waals surface area (Å²) in [7, 11) is 0. The Balaban J connectivity index is 2.17. The maximum Gasteiger partial charge on any atom is 0.145 e. The number of nitrogens with two attached hydrogens (primary N) is 1. The van der Waals surface area contributed by atoms with Crippen LogP contribution in [0.25, 0.3) is 0 Å². The highest BCUT2D eigenvalue weighted by Crippen LogP contribution is 2.15. The lowest BCUT2D eigenvalue weighted by atomic mass is 10.2. The van der Waals surface area contributed by atoms with E-state index in [0.717, 1.165) is 18.9 Å². The fourth-order valence-corrected chi connectivity index (χ4v) is 1.66. The van der Waals surface area contributed by atoms with E-state index in [1.165, 1.54) is 11.9 Å². The molecule has 0 aliphatic rings. The molecular formula is C12H16N6. The van der Waals surface area contributed by atoms with Crippen molar-refractivity contribution >= 4 is 11.6 Å². The summed E-state index contributed by atoms with van der Waals surface area (Å²) in [5, 5.41) is 0. The molecule has 2 aromatic rings. The number of pyridine rings is 1. The van der Waals surface area contributed by atoms with E-state index >= 15 is 0 Å². The van der Waals surface area contributed by atoms with E-state index in [1.807, 2.05) is 18.2 Å². The molecule has 0 atom stereocenters. The Morgan fingerprint density at radius 2 is 2.06 bits per heavy atom. The van der Waals surface area contributed by atoms with Crippen molar-refractivity contribution in [1.82, 2.24) is 15.0 Å². The third kappa shape index (κ3) is 2.92. The van der Waals surface area contributed by atoms with Crippen LogP contribution in [0, 0.1) is 0 Å². The Hall–Kier alpha value is -2.21. The Morgan fingerprint density at radius 1 is 1.28 bits per heavy atom. The number of hydrogen-bond donors (Lipinski definition) is 2. The van der Waals surface area contributed by atoms with Gasteiger partial charge >= 0.3 is 0 Å². The zero-order valence-electron chi connectivity index (χ0n) is 10.2. The molecule has 0 bridgehead atoms. The zero-order chi connectivity index (χ0) is 12.8. The quantitative estimate of drug-likeness (QED) is 0.607. The first-order valence-electron chi connectivity index (χ1n) is 5.76. The van der Waals surface area contributed by atoms with Crippen LogP contribution in [0.3, 0.4) is 0 Å². The van der Waals surface area contributed by atoms with Gasteiger partial charge in [0.15, 0.2) is 0 Å². The monoisotopic (exact) mass is 244 g/mol. The van der Waals surface area contributed by atoms with Crippen molar-refractivity contribution in [3.63, 3.8) is 0 Å². The first-order chi connectivity index (χ1) is 8.83. The molecule has 0 fully saturated rings. The molecule has 0 unspecified atom stereocenters. The van der Waals surface area contributed by atoms with Crippen molar-refractivity contribution in [2.45, 2.75) is 13.5 Å². The SMILES string of the molecule is CCN(Cc1ccncc1)c1cc(NN)ncn1. The van der Waals surface area contributed by atoms with Gasteiger partial charge in [-0.05, 0) is 24.6 Å². The van der Waals surface area contributed by atoms with Gasteiger partial charge in [0, 0.05) is 31.5 Å². The molecule has 6 heteroatoms. The van der Waals surface area contributed by atoms with E-state index in [-0.39, 0.29) is 0 Å². The van der Waals surface area contributed by atoms with Gasteiger partial charge in [0.05, 0.1) is 0 Å². The van der Waals surface area contributed by atoms with Crippen molar-refractivity contribution in [2.75, 3.05) is 16.9 Å². The standard InChI is InChI=1S/C12H16N6/c1-2-18(8-10-3-5-14-6-4-10)12-7-11(17-13)15-9-16-12/h3-7,9H,2,8,13H2,1H3,(H,15,16,17). The van der Waals surface area contributed by atoms with Gasteiger partial charge in [0.25, 0.3) is 0 Å². The Morgan fingerprint density at radius 3 is 2.72 bits per heavy atom. The average molecular weight is 244 g/mol. The highest BCUT2D eigenvalue weighted by molar-refractivity contribution is 5.48. The topological polar surface area (TPSA) is 80.0 Å². The molecule has 6 nitrogen and oxygen atoms in total. The number of nitrogen functional groups attached to an aromatic ring is 1. The van der Waals surface area contributed by atoms with Crippen LogP contribution in [0.1, 0.15) is 12.5 Å². The third-order valence-corrected chi connectivity index (χ3v) is 2.63. The summed E-state index contributed by atoms with van der Waals surface area (Å²) in [6, 6.07) is 5.81. The molecular weight excluding hydrogens is 228 g/mol. The molecule has 2 aromatic heterocycles. The number of hydrazine groups is 1. The first kappa shape index (κ1) is 12.3. The van der Waals surface area contributed by atoms with Gasteiger partial charge in [0.1, 0.15) is 18.0 Å². The molecule has 0 radical (unpaired) electrons. The largest absolute Gasteiger partial charge is 0.352 e. The van der Waals surface area contributed by atoms with E-state index < -0.39 is 0 Å². The molecule has 0 amide bonds. The highest BCUT2D eigenvalue weighted by Gasteiger charge is 2.07. The normalized spacial score (nSPS) is 10.1. The van der Waals surface area contributed by atoms with Crippen LogP contribution in [0.15, 0.2) is 36.9 Å². The molecule has 0 aliphatic heterocycles. The van der Waals surface area contributed by atoms with E-state index in [9.17, 15) is 0 Å². The van der Waals surface area contributed by atoms with Crippen molar-refractivity contribution < 1.29 is 0 Å². The average Bonchev–Trinajstić information content (AvgIpc) is 2.46. The Labute approximate surface area is 106 Å². The van der Waals surface area contributed by atoms with Crippen molar-refractivity contribution in [2.24, 2.45) is 5.84 Å². The second kappa shape index (κ2) is 5.92. The molecule has 0 aromatic carbocycles. The summed E-state index contributed by atoms with van der Waals surface area (Å²) in [5.74, 6) is 6.80. The number of nitrogens with zero attached hydrogens (tertiary/aromatic N) is 4. The molecule has 2 rings (SSSR count). The molecule has 3 N–H and O–H groups in total. The second-order valence-corrected chi connectivity index (χ2v) is 3.78. The lowest BCUT2D eigenvalue weighted by Crippen LogP contribution is -2.23. The Bertz CT molecular complexity index is 487. The van der Waals surface area contributed by atoms with Crippen LogP contribution < -0.4 is 16.2 Å². The van der Waals surface area contributed by atoms with Crippen molar-refractivity contribution in [1.29, 1.82) is 0 Å². The van der Waals surface area contributed by atoms with Crippen LogP contribution in [0.4, 0.5) is 11.6 Å². The number of rotatable bonds is 5. The molecule has 0 spiro atoms. The van der Waals surface area contributed by atoms with Crippen LogP contribution in [-0.2, 0) is 6.54 Å². The first-order valence-corrected chi connectivity index (χ1v) is 5.76. The van der Waals surface area contributed by atoms with Gasteiger partial charge in [-0.2, -0.15) is 0 Å². The van der Waals surface area contributed by atoms with E-state index in [2.05, 4.69) is 32.2 Å². The minimum atomic E-state index is 0.605. The Kier molecular flexibility index (Phi) is 4.03. The van der Waals surface area contributed by atoms with Gasteiger partial charge in [-0.1, -0.05) is 0 Å². The molecule has 0 saturated carbocycles. The molecule has 0 saturated heterocycles. The molecule has 2 heterocycles. The molecule has 0 aliphatic carbocycles. The van der Waals surface area contributed by atoms with Gasteiger partial charge in [0.2, 0.25) is 0 Å². The maximum atomic E-state index is 5.35. The predicted octanol–water partition coefficient (Wildman–Crippen LogP) is 1.18. The number of hydrogen-bond acceptors (Lipinski definition) is 6. The summed E-state index contributed by atoms with van der Waals surface area (Å²) in [5.41, 5.74) is 3.71. The summed E-state index contributed by atoms with van der Waals surface area (Å²) < 4.78 is 0. The fraction of sp³-hybridized carbons (Fsp3) is 0.250. The number of anilines is 2. The second-order valence-electron chi connectivity index (χ2n) is 3.78. The predicted molar refractivity (Wildman–Crippen MR) is 70.8 cm³/mol. The van der Waals surface area contributed by atoms with E-state index in [0.29, 0.717) is 5.82 Å². The fourth-order valence-electron chi connectivity index (χ4n) is 1.66. The lowest BCUT2D eigenvalue weighted by molar-refractivity contribution is 0.809. The summed E-state index contributed by atoms with van der Waals surface area (Å²) in [6.07, 6.45) is 5.08. The van der Waals surface area contributed by atoms with Crippen LogP contribution in [0.2, 0.25) is 0 Å². The van der Waals surface area contributed by atoms with Crippen LogP contribution in [-0.4, -0.2) is 21.5 Å². The third-order valence-electron chi connectivity index (χ3n) is 2.63. The van der Waals surface area contributed by atoms with Gasteiger partial charge < -0.3 is 10.3 Å². The summed E-state index contributed by atoms with van der Waals surface area (Å²) >= 11 is 0. The lowest BCUT2D eigenvalue weighted by Gasteiger charge is -2.22. The van der Waals surface area contributed by atoms with Crippen molar-refractivity contribution in [3.05, 3.63) is 42.5 Å². The van der Waals surface area contributed by atoms with Gasteiger partial charge in [-0.25, -0.2) is 15.8 Å². The van der Waals surface area contributed by atoms with Crippen molar-refractivity contribution in [3.8, 4) is 0 Å².